The van der Waals surface area contributed by atoms with Crippen LogP contribution in [0.5, 0.6) is 0 Å². The minimum Gasteiger partial charge on any atom is -0.338 e. The number of imidazole rings is 1. The van der Waals surface area contributed by atoms with Gasteiger partial charge in [0.1, 0.15) is 16.5 Å². The summed E-state index contributed by atoms with van der Waals surface area (Å²) in [4.78, 5) is 17.6. The Morgan fingerprint density at radius 2 is 1.81 bits per heavy atom. The number of rotatable bonds is 6. The minimum atomic E-state index is -4.18. The molecule has 11 heteroatoms. The maximum Gasteiger partial charge on any atom is 0.317 e. The second-order valence-electron chi connectivity index (χ2n) is 7.48. The number of nitrogens with one attached hydrogen (secondary N) is 1. The molecule has 0 spiro atoms. The van der Waals surface area contributed by atoms with Crippen LogP contribution in [0.15, 0.2) is 53.7 Å². The van der Waals surface area contributed by atoms with Gasteiger partial charge in [0.2, 0.25) is 10.0 Å². The molecule has 0 bridgehead atoms. The topological polar surface area (TPSA) is 87.5 Å². The highest BCUT2D eigenvalue weighted by molar-refractivity contribution is 7.89. The minimum absolute atomic E-state index is 0.00668. The lowest BCUT2D eigenvalue weighted by molar-refractivity contribution is 0.172. The molecule has 2 amide bonds. The number of para-hydroxylation sites is 2. The lowest BCUT2D eigenvalue weighted by Crippen LogP contribution is -2.53. The summed E-state index contributed by atoms with van der Waals surface area (Å²) in [6.07, 6.45) is 2.48. The third kappa shape index (κ3) is 4.58. The van der Waals surface area contributed by atoms with Crippen molar-refractivity contribution in [2.24, 2.45) is 0 Å². The molecule has 8 nitrogen and oxygen atoms in total. The highest BCUT2D eigenvalue weighted by Crippen LogP contribution is 2.21. The molecular formula is C21H23F2N5O3S. The fourth-order valence-corrected chi connectivity index (χ4v) is 5.19. The molecule has 1 aliphatic heterocycles. The van der Waals surface area contributed by atoms with Gasteiger partial charge in [0.05, 0.1) is 17.4 Å². The molecule has 1 aromatic heterocycles. The Labute approximate surface area is 184 Å². The van der Waals surface area contributed by atoms with Crippen LogP contribution in [-0.2, 0) is 16.6 Å². The van der Waals surface area contributed by atoms with Crippen LogP contribution in [0.2, 0.25) is 0 Å². The van der Waals surface area contributed by atoms with Crippen molar-refractivity contribution in [1.82, 2.24) is 24.1 Å². The quantitative estimate of drug-likeness (QED) is 0.569. The van der Waals surface area contributed by atoms with Crippen LogP contribution in [0.25, 0.3) is 11.0 Å². The zero-order chi connectivity index (χ0) is 22.7. The molecule has 32 heavy (non-hydrogen) atoms. The first-order valence-electron chi connectivity index (χ1n) is 10.2. The van der Waals surface area contributed by atoms with E-state index in [4.69, 9.17) is 0 Å². The Hall–Kier alpha value is -3.05. The monoisotopic (exact) mass is 463 g/mol. The number of halogens is 2. The lowest BCUT2D eigenvalue weighted by Gasteiger charge is -2.34. The van der Waals surface area contributed by atoms with E-state index < -0.39 is 26.6 Å². The number of amides is 2. The van der Waals surface area contributed by atoms with Gasteiger partial charge in [-0.1, -0.05) is 12.1 Å². The number of benzene rings is 2. The second kappa shape index (κ2) is 9.21. The molecule has 2 heterocycles. The Bertz CT molecular complexity index is 1220. The molecule has 0 aliphatic carbocycles. The molecule has 1 aliphatic rings. The number of hydrogen-bond acceptors (Lipinski definition) is 4. The van der Waals surface area contributed by atoms with Crippen LogP contribution in [-0.4, -0.2) is 65.9 Å². The van der Waals surface area contributed by atoms with E-state index in [9.17, 15) is 22.0 Å². The van der Waals surface area contributed by atoms with Crippen LogP contribution in [0.3, 0.4) is 0 Å². The molecule has 0 saturated carbocycles. The predicted octanol–water partition coefficient (Wildman–Crippen LogP) is 2.42. The van der Waals surface area contributed by atoms with E-state index in [0.717, 1.165) is 27.5 Å². The molecule has 2 aromatic carbocycles. The second-order valence-corrected chi connectivity index (χ2v) is 9.38. The van der Waals surface area contributed by atoms with Crippen molar-refractivity contribution in [3.8, 4) is 0 Å². The van der Waals surface area contributed by atoms with Crippen molar-refractivity contribution in [2.45, 2.75) is 17.9 Å². The Kier molecular flexibility index (Phi) is 6.38. The largest absolute Gasteiger partial charge is 0.338 e. The third-order valence-electron chi connectivity index (χ3n) is 5.42. The smallest absolute Gasteiger partial charge is 0.317 e. The van der Waals surface area contributed by atoms with Gasteiger partial charge >= 0.3 is 6.03 Å². The summed E-state index contributed by atoms with van der Waals surface area (Å²) < 4.78 is 55.7. The van der Waals surface area contributed by atoms with Gasteiger partial charge in [-0.2, -0.15) is 4.31 Å². The summed E-state index contributed by atoms with van der Waals surface area (Å²) in [5.74, 6) is -1.83. The number of sulfonamides is 1. The van der Waals surface area contributed by atoms with Gasteiger partial charge in [-0.25, -0.2) is 27.0 Å². The van der Waals surface area contributed by atoms with E-state index in [0.29, 0.717) is 25.6 Å². The van der Waals surface area contributed by atoms with Crippen molar-refractivity contribution < 1.29 is 22.0 Å². The van der Waals surface area contributed by atoms with E-state index in [2.05, 4.69) is 10.3 Å². The Balaban J connectivity index is 1.26. The van der Waals surface area contributed by atoms with Gasteiger partial charge in [-0.3, -0.25) is 0 Å². The maximum absolute atomic E-state index is 13.9. The fraction of sp³-hybridized carbons (Fsp3) is 0.333. The first-order chi connectivity index (χ1) is 15.4. The number of aromatic nitrogens is 2. The van der Waals surface area contributed by atoms with Gasteiger partial charge in [0.25, 0.3) is 0 Å². The van der Waals surface area contributed by atoms with Crippen molar-refractivity contribution >= 4 is 27.1 Å². The molecule has 0 atom stereocenters. The van der Waals surface area contributed by atoms with Gasteiger partial charge in [-0.15, -0.1) is 0 Å². The first-order valence-corrected chi connectivity index (χ1v) is 11.7. The van der Waals surface area contributed by atoms with Gasteiger partial charge in [-0.05, 0) is 36.8 Å². The SMILES string of the molecule is O=C(NCCCn1cnc2ccccc21)N1CCN(S(=O)(=O)c2cc(F)ccc2F)CC1. The number of piperazine rings is 1. The summed E-state index contributed by atoms with van der Waals surface area (Å²) in [6, 6.07) is 9.86. The summed E-state index contributed by atoms with van der Waals surface area (Å²) in [5, 5.41) is 2.84. The molecule has 1 saturated heterocycles. The average Bonchev–Trinajstić information content (AvgIpc) is 3.21. The molecule has 0 unspecified atom stereocenters. The van der Waals surface area contributed by atoms with E-state index >= 15 is 0 Å². The Morgan fingerprint density at radius 1 is 1.06 bits per heavy atom. The number of nitrogens with zero attached hydrogens (tertiary/aromatic N) is 4. The summed E-state index contributed by atoms with van der Waals surface area (Å²) in [5.41, 5.74) is 1.95. The van der Waals surface area contributed by atoms with E-state index in [1.165, 1.54) is 4.90 Å². The number of fused-ring (bicyclic) bond motifs is 1. The molecule has 3 aromatic rings. The lowest BCUT2D eigenvalue weighted by atomic mass is 10.3. The number of aryl methyl sites for hydroxylation is 1. The third-order valence-corrected chi connectivity index (χ3v) is 7.33. The highest BCUT2D eigenvalue weighted by Gasteiger charge is 2.32. The van der Waals surface area contributed by atoms with Gasteiger partial charge in [0, 0.05) is 39.3 Å². The summed E-state index contributed by atoms with van der Waals surface area (Å²) in [6.45, 7) is 1.49. The number of carbonyl (C=O) groups is 1. The van der Waals surface area contributed by atoms with Crippen LogP contribution >= 0.6 is 0 Å². The molecule has 1 N–H and O–H groups in total. The van der Waals surface area contributed by atoms with Crippen molar-refractivity contribution in [3.63, 3.8) is 0 Å². The molecule has 4 rings (SSSR count). The van der Waals surface area contributed by atoms with E-state index in [-0.39, 0.29) is 32.2 Å². The van der Waals surface area contributed by atoms with Crippen molar-refractivity contribution in [3.05, 3.63) is 60.4 Å². The number of hydrogen-bond donors (Lipinski definition) is 1. The fourth-order valence-electron chi connectivity index (χ4n) is 3.69. The molecule has 170 valence electrons. The number of carbonyl (C=O) groups excluding carboxylic acids is 1. The standard InChI is InChI=1S/C21H23F2N5O3S/c22-16-6-7-17(23)20(14-16)32(30,31)28-12-10-26(11-13-28)21(29)24-8-3-9-27-15-25-18-4-1-2-5-19(18)27/h1-2,4-7,14-15H,3,8-13H2,(H,24,29). The first kappa shape index (κ1) is 22.2. The highest BCUT2D eigenvalue weighted by atomic mass is 32.2. The zero-order valence-corrected chi connectivity index (χ0v) is 18.1. The van der Waals surface area contributed by atoms with E-state index in [1.807, 2.05) is 28.8 Å². The average molecular weight is 464 g/mol. The van der Waals surface area contributed by atoms with Crippen LogP contribution in [0, 0.1) is 11.6 Å². The van der Waals surface area contributed by atoms with Gasteiger partial charge in [0.15, 0.2) is 0 Å². The molecular weight excluding hydrogens is 440 g/mol. The number of urea groups is 1. The predicted molar refractivity (Wildman–Crippen MR) is 114 cm³/mol. The van der Waals surface area contributed by atoms with Crippen LogP contribution in [0.1, 0.15) is 6.42 Å². The van der Waals surface area contributed by atoms with Gasteiger partial charge < -0.3 is 14.8 Å². The Morgan fingerprint density at radius 3 is 2.59 bits per heavy atom. The summed E-state index contributed by atoms with van der Waals surface area (Å²) in [7, 11) is -4.18. The molecule has 1 fully saturated rings. The summed E-state index contributed by atoms with van der Waals surface area (Å²) >= 11 is 0. The maximum atomic E-state index is 13.9. The van der Waals surface area contributed by atoms with Crippen molar-refractivity contribution in [2.75, 3.05) is 32.7 Å². The van der Waals surface area contributed by atoms with Crippen molar-refractivity contribution in [1.29, 1.82) is 0 Å². The van der Waals surface area contributed by atoms with Crippen LogP contribution in [0.4, 0.5) is 13.6 Å². The normalized spacial score (nSPS) is 15.2. The van der Waals surface area contributed by atoms with E-state index in [1.54, 1.807) is 6.33 Å². The zero-order valence-electron chi connectivity index (χ0n) is 17.2. The van der Waals surface area contributed by atoms with Crippen LogP contribution < -0.4 is 5.32 Å². The molecule has 0 radical (unpaired) electrons.